The lowest BCUT2D eigenvalue weighted by Crippen LogP contribution is -2.28. The Morgan fingerprint density at radius 3 is 2.71 bits per heavy atom. The van der Waals surface area contributed by atoms with Gasteiger partial charge in [0, 0.05) is 19.5 Å². The first-order chi connectivity index (χ1) is 10.1. The Hall–Kier alpha value is -2.24. The standard InChI is InChI=1S/C15H19NO5/c1-20-12-5-3-4-10(14(12)21-2)6-7-16-9-11(15(18)19)8-13(16)17/h3-5,11H,6-9H2,1-2H3,(H,18,19). The molecule has 1 aliphatic heterocycles. The number of para-hydroxylation sites is 1. The summed E-state index contributed by atoms with van der Waals surface area (Å²) < 4.78 is 10.6. The van der Waals surface area contributed by atoms with Crippen molar-refractivity contribution in [3.63, 3.8) is 0 Å². The first-order valence-corrected chi connectivity index (χ1v) is 6.77. The predicted molar refractivity (Wildman–Crippen MR) is 75.6 cm³/mol. The van der Waals surface area contributed by atoms with Crippen LogP contribution in [0, 0.1) is 5.92 Å². The molecule has 6 nitrogen and oxygen atoms in total. The number of carbonyl (C=O) groups is 2. The number of aliphatic carboxylic acids is 1. The molecule has 0 saturated carbocycles. The minimum absolute atomic E-state index is 0.0879. The van der Waals surface area contributed by atoms with Gasteiger partial charge in [0.15, 0.2) is 11.5 Å². The van der Waals surface area contributed by atoms with E-state index in [4.69, 9.17) is 14.6 Å². The molecule has 1 aliphatic rings. The van der Waals surface area contributed by atoms with Gasteiger partial charge in [-0.3, -0.25) is 9.59 Å². The molecule has 0 spiro atoms. The molecule has 1 fully saturated rings. The van der Waals surface area contributed by atoms with Gasteiger partial charge in [0.05, 0.1) is 20.1 Å². The zero-order chi connectivity index (χ0) is 15.4. The van der Waals surface area contributed by atoms with E-state index < -0.39 is 11.9 Å². The van der Waals surface area contributed by atoms with Crippen LogP contribution in [0.5, 0.6) is 11.5 Å². The van der Waals surface area contributed by atoms with Gasteiger partial charge < -0.3 is 19.5 Å². The number of nitrogens with zero attached hydrogens (tertiary/aromatic N) is 1. The molecule has 1 saturated heterocycles. The maximum absolute atomic E-state index is 11.8. The lowest BCUT2D eigenvalue weighted by Gasteiger charge is -2.18. The van der Waals surface area contributed by atoms with Crippen molar-refractivity contribution < 1.29 is 24.2 Å². The number of ether oxygens (including phenoxy) is 2. The van der Waals surface area contributed by atoms with Gasteiger partial charge in [0.25, 0.3) is 0 Å². The number of hydrogen-bond acceptors (Lipinski definition) is 4. The molecule has 0 aliphatic carbocycles. The largest absolute Gasteiger partial charge is 0.493 e. The third kappa shape index (κ3) is 3.26. The van der Waals surface area contributed by atoms with E-state index >= 15 is 0 Å². The summed E-state index contributed by atoms with van der Waals surface area (Å²) in [4.78, 5) is 24.3. The van der Waals surface area contributed by atoms with Crippen molar-refractivity contribution in [2.45, 2.75) is 12.8 Å². The second-order valence-corrected chi connectivity index (χ2v) is 4.98. The summed E-state index contributed by atoms with van der Waals surface area (Å²) in [6.07, 6.45) is 0.684. The van der Waals surface area contributed by atoms with Gasteiger partial charge in [-0.25, -0.2) is 0 Å². The molecule has 1 aromatic carbocycles. The van der Waals surface area contributed by atoms with Gasteiger partial charge >= 0.3 is 5.97 Å². The van der Waals surface area contributed by atoms with Gasteiger partial charge in [-0.2, -0.15) is 0 Å². The molecule has 1 N–H and O–H groups in total. The van der Waals surface area contributed by atoms with Crippen molar-refractivity contribution in [1.82, 2.24) is 4.90 Å². The van der Waals surface area contributed by atoms with Gasteiger partial charge in [-0.1, -0.05) is 12.1 Å². The predicted octanol–water partition coefficient (Wildman–Crippen LogP) is 1.18. The average molecular weight is 293 g/mol. The van der Waals surface area contributed by atoms with Crippen LogP contribution in [0.1, 0.15) is 12.0 Å². The number of amides is 1. The maximum Gasteiger partial charge on any atom is 0.308 e. The van der Waals surface area contributed by atoms with Crippen molar-refractivity contribution >= 4 is 11.9 Å². The molecule has 0 aromatic heterocycles. The first-order valence-electron chi connectivity index (χ1n) is 6.77. The molecule has 1 amide bonds. The van der Waals surface area contributed by atoms with Crippen LogP contribution in [0.2, 0.25) is 0 Å². The van der Waals surface area contributed by atoms with E-state index in [1.807, 2.05) is 18.2 Å². The number of methoxy groups -OCH3 is 2. The van der Waals surface area contributed by atoms with Crippen LogP contribution in [0.3, 0.4) is 0 Å². The number of carboxylic acids is 1. The molecule has 1 aromatic rings. The minimum Gasteiger partial charge on any atom is -0.493 e. The average Bonchev–Trinajstić information content (AvgIpc) is 2.86. The number of rotatable bonds is 6. The van der Waals surface area contributed by atoms with Crippen LogP contribution in [0.4, 0.5) is 0 Å². The summed E-state index contributed by atoms with van der Waals surface area (Å²) in [5, 5.41) is 8.97. The summed E-state index contributed by atoms with van der Waals surface area (Å²) >= 11 is 0. The van der Waals surface area contributed by atoms with Gasteiger partial charge in [-0.15, -0.1) is 0 Å². The van der Waals surface area contributed by atoms with E-state index in [0.29, 0.717) is 24.5 Å². The van der Waals surface area contributed by atoms with Crippen molar-refractivity contribution in [2.75, 3.05) is 27.3 Å². The fourth-order valence-electron chi connectivity index (χ4n) is 2.56. The van der Waals surface area contributed by atoms with Crippen molar-refractivity contribution in [3.8, 4) is 11.5 Å². The quantitative estimate of drug-likeness (QED) is 0.852. The van der Waals surface area contributed by atoms with Crippen LogP contribution in [0.25, 0.3) is 0 Å². The van der Waals surface area contributed by atoms with Gasteiger partial charge in [0.1, 0.15) is 0 Å². The zero-order valence-corrected chi connectivity index (χ0v) is 12.2. The number of carboxylic acid groups (broad SMARTS) is 1. The van der Waals surface area contributed by atoms with Crippen LogP contribution >= 0.6 is 0 Å². The summed E-state index contributed by atoms with van der Waals surface area (Å²) in [6, 6.07) is 5.59. The topological polar surface area (TPSA) is 76.1 Å². The summed E-state index contributed by atoms with van der Waals surface area (Å²) in [6.45, 7) is 0.757. The fraction of sp³-hybridized carbons (Fsp3) is 0.467. The van der Waals surface area contributed by atoms with E-state index in [-0.39, 0.29) is 18.9 Å². The Balaban J connectivity index is 2.04. The molecule has 1 heterocycles. The van der Waals surface area contributed by atoms with E-state index in [1.54, 1.807) is 19.1 Å². The van der Waals surface area contributed by atoms with Gasteiger partial charge in [-0.05, 0) is 18.1 Å². The lowest BCUT2D eigenvalue weighted by atomic mass is 10.1. The zero-order valence-electron chi connectivity index (χ0n) is 12.2. The third-order valence-corrected chi connectivity index (χ3v) is 3.70. The SMILES string of the molecule is COc1cccc(CCN2CC(C(=O)O)CC2=O)c1OC. The van der Waals surface area contributed by atoms with Crippen LogP contribution in [-0.4, -0.2) is 49.2 Å². The van der Waals surface area contributed by atoms with E-state index in [1.165, 1.54) is 0 Å². The Labute approximate surface area is 123 Å². The summed E-state index contributed by atoms with van der Waals surface area (Å²) in [5.74, 6) is -0.314. The molecule has 114 valence electrons. The second kappa shape index (κ2) is 6.47. The molecular weight excluding hydrogens is 274 g/mol. The summed E-state index contributed by atoms with van der Waals surface area (Å²) in [5.41, 5.74) is 0.934. The highest BCUT2D eigenvalue weighted by atomic mass is 16.5. The number of likely N-dealkylation sites (tertiary alicyclic amines) is 1. The van der Waals surface area contributed by atoms with E-state index in [0.717, 1.165) is 5.56 Å². The molecule has 0 bridgehead atoms. The highest BCUT2D eigenvalue weighted by molar-refractivity contribution is 5.86. The normalized spacial score (nSPS) is 17.9. The molecular formula is C15H19NO5. The Morgan fingerprint density at radius 2 is 2.14 bits per heavy atom. The fourth-order valence-corrected chi connectivity index (χ4v) is 2.56. The Morgan fingerprint density at radius 1 is 1.38 bits per heavy atom. The smallest absolute Gasteiger partial charge is 0.308 e. The van der Waals surface area contributed by atoms with E-state index in [2.05, 4.69) is 0 Å². The van der Waals surface area contributed by atoms with Gasteiger partial charge in [0.2, 0.25) is 5.91 Å². The van der Waals surface area contributed by atoms with Crippen molar-refractivity contribution in [3.05, 3.63) is 23.8 Å². The second-order valence-electron chi connectivity index (χ2n) is 4.98. The monoisotopic (exact) mass is 293 g/mol. The Bertz CT molecular complexity index is 543. The highest BCUT2D eigenvalue weighted by Gasteiger charge is 2.33. The molecule has 6 heteroatoms. The van der Waals surface area contributed by atoms with Crippen molar-refractivity contribution in [1.29, 1.82) is 0 Å². The maximum atomic E-state index is 11.8. The first kappa shape index (κ1) is 15.2. The van der Waals surface area contributed by atoms with Crippen LogP contribution < -0.4 is 9.47 Å². The number of carbonyl (C=O) groups excluding carboxylic acids is 1. The molecule has 2 rings (SSSR count). The third-order valence-electron chi connectivity index (χ3n) is 3.70. The molecule has 1 atom stereocenters. The van der Waals surface area contributed by atoms with Crippen LogP contribution in [0.15, 0.2) is 18.2 Å². The lowest BCUT2D eigenvalue weighted by molar-refractivity contribution is -0.141. The van der Waals surface area contributed by atoms with Crippen molar-refractivity contribution in [2.24, 2.45) is 5.92 Å². The minimum atomic E-state index is -0.912. The molecule has 0 radical (unpaired) electrons. The summed E-state index contributed by atoms with van der Waals surface area (Å²) in [7, 11) is 3.14. The molecule has 1 unspecified atom stereocenters. The highest BCUT2D eigenvalue weighted by Crippen LogP contribution is 2.31. The van der Waals surface area contributed by atoms with E-state index in [9.17, 15) is 9.59 Å². The number of hydrogen-bond donors (Lipinski definition) is 1. The van der Waals surface area contributed by atoms with Crippen LogP contribution in [-0.2, 0) is 16.0 Å². The molecule has 21 heavy (non-hydrogen) atoms. The number of benzene rings is 1. The Kier molecular flexibility index (Phi) is 4.67.